The van der Waals surface area contributed by atoms with E-state index in [1.54, 1.807) is 6.20 Å². The number of rotatable bonds is 3. The zero-order valence-electron chi connectivity index (χ0n) is 11.1. The Bertz CT molecular complexity index is 756. The second-order valence-corrected chi connectivity index (χ2v) is 5.10. The molecule has 100 valence electrons. The summed E-state index contributed by atoms with van der Waals surface area (Å²) in [6.07, 6.45) is 5.44. The first-order valence-corrected chi connectivity index (χ1v) is 6.79. The highest BCUT2D eigenvalue weighted by Crippen LogP contribution is 2.18. The van der Waals surface area contributed by atoms with Gasteiger partial charge in [-0.25, -0.2) is 4.98 Å². The molecule has 0 spiro atoms. The van der Waals surface area contributed by atoms with Crippen LogP contribution in [-0.2, 0) is 6.54 Å². The highest BCUT2D eigenvalue weighted by atomic mass is 35.5. The van der Waals surface area contributed by atoms with Crippen LogP contribution in [0, 0.1) is 6.92 Å². The standard InChI is InChI=1S/C16H14ClN3/c1-11-6-15(10-20-16(11)17)19-8-12-2-3-14-9-18-5-4-13(14)7-12/h2-7,9-10,19H,8H2,1H3. The minimum Gasteiger partial charge on any atom is -0.380 e. The highest BCUT2D eigenvalue weighted by Gasteiger charge is 2.00. The number of anilines is 1. The fraction of sp³-hybridized carbons (Fsp3) is 0.125. The lowest BCUT2D eigenvalue weighted by molar-refractivity contribution is 1.13. The van der Waals surface area contributed by atoms with Gasteiger partial charge in [0.1, 0.15) is 5.15 Å². The Hall–Kier alpha value is -2.13. The van der Waals surface area contributed by atoms with Crippen LogP contribution in [0.2, 0.25) is 5.15 Å². The number of hydrogen-bond acceptors (Lipinski definition) is 3. The molecule has 0 aliphatic carbocycles. The molecule has 0 aliphatic rings. The van der Waals surface area contributed by atoms with Gasteiger partial charge in [-0.2, -0.15) is 0 Å². The number of nitrogens with one attached hydrogen (secondary N) is 1. The van der Waals surface area contributed by atoms with Gasteiger partial charge in [0.2, 0.25) is 0 Å². The van der Waals surface area contributed by atoms with Crippen LogP contribution in [0.15, 0.2) is 48.9 Å². The number of aromatic nitrogens is 2. The number of pyridine rings is 2. The first-order valence-electron chi connectivity index (χ1n) is 6.41. The molecule has 2 heterocycles. The maximum absolute atomic E-state index is 5.92. The van der Waals surface area contributed by atoms with E-state index in [9.17, 15) is 0 Å². The molecular formula is C16H14ClN3. The molecule has 0 amide bonds. The normalized spacial score (nSPS) is 10.7. The fourth-order valence-corrected chi connectivity index (χ4v) is 2.21. The van der Waals surface area contributed by atoms with E-state index >= 15 is 0 Å². The van der Waals surface area contributed by atoms with Gasteiger partial charge in [-0.1, -0.05) is 23.7 Å². The Morgan fingerprint density at radius 2 is 2.00 bits per heavy atom. The second kappa shape index (κ2) is 5.47. The predicted octanol–water partition coefficient (Wildman–Crippen LogP) is 4.20. The predicted molar refractivity (Wildman–Crippen MR) is 83.1 cm³/mol. The van der Waals surface area contributed by atoms with Crippen molar-refractivity contribution in [3.8, 4) is 0 Å². The molecule has 1 aromatic carbocycles. The van der Waals surface area contributed by atoms with Gasteiger partial charge in [-0.05, 0) is 41.6 Å². The van der Waals surface area contributed by atoms with Gasteiger partial charge in [0.25, 0.3) is 0 Å². The number of nitrogens with zero attached hydrogens (tertiary/aromatic N) is 2. The second-order valence-electron chi connectivity index (χ2n) is 4.74. The first kappa shape index (κ1) is 12.9. The van der Waals surface area contributed by atoms with Gasteiger partial charge in [-0.3, -0.25) is 4.98 Å². The van der Waals surface area contributed by atoms with Gasteiger partial charge < -0.3 is 5.32 Å². The molecule has 3 rings (SSSR count). The van der Waals surface area contributed by atoms with Crippen molar-refractivity contribution in [3.63, 3.8) is 0 Å². The van der Waals surface area contributed by atoms with Gasteiger partial charge in [0, 0.05) is 24.3 Å². The lowest BCUT2D eigenvalue weighted by Gasteiger charge is -2.08. The van der Waals surface area contributed by atoms with Gasteiger partial charge in [-0.15, -0.1) is 0 Å². The maximum atomic E-state index is 5.92. The van der Waals surface area contributed by atoms with E-state index < -0.39 is 0 Å². The Labute approximate surface area is 122 Å². The molecule has 0 unspecified atom stereocenters. The molecule has 1 N–H and O–H groups in total. The molecule has 0 radical (unpaired) electrons. The Morgan fingerprint density at radius 3 is 2.85 bits per heavy atom. The zero-order valence-corrected chi connectivity index (χ0v) is 11.9. The quantitative estimate of drug-likeness (QED) is 0.732. The Balaban J connectivity index is 1.77. The van der Waals surface area contributed by atoms with Crippen molar-refractivity contribution in [2.75, 3.05) is 5.32 Å². The molecule has 4 heteroatoms. The molecule has 0 atom stereocenters. The maximum Gasteiger partial charge on any atom is 0.132 e. The molecule has 3 nitrogen and oxygen atoms in total. The van der Waals surface area contributed by atoms with Crippen LogP contribution in [0.25, 0.3) is 10.8 Å². The molecule has 3 aromatic rings. The average Bonchev–Trinajstić information content (AvgIpc) is 2.48. The summed E-state index contributed by atoms with van der Waals surface area (Å²) in [5.74, 6) is 0. The third-order valence-electron chi connectivity index (χ3n) is 3.22. The number of aryl methyl sites for hydroxylation is 1. The van der Waals surface area contributed by atoms with E-state index in [2.05, 4.69) is 33.5 Å². The van der Waals surface area contributed by atoms with E-state index in [-0.39, 0.29) is 0 Å². The molecule has 0 aliphatic heterocycles. The Morgan fingerprint density at radius 1 is 1.10 bits per heavy atom. The number of fused-ring (bicyclic) bond motifs is 1. The number of halogens is 1. The topological polar surface area (TPSA) is 37.8 Å². The lowest BCUT2D eigenvalue weighted by Crippen LogP contribution is -2.00. The van der Waals surface area contributed by atoms with Crippen molar-refractivity contribution in [2.24, 2.45) is 0 Å². The van der Waals surface area contributed by atoms with Crippen LogP contribution in [0.4, 0.5) is 5.69 Å². The van der Waals surface area contributed by atoms with Crippen LogP contribution >= 0.6 is 11.6 Å². The van der Waals surface area contributed by atoms with Crippen LogP contribution in [0.5, 0.6) is 0 Å². The van der Waals surface area contributed by atoms with Crippen molar-refractivity contribution in [1.29, 1.82) is 0 Å². The highest BCUT2D eigenvalue weighted by molar-refractivity contribution is 6.30. The minimum atomic E-state index is 0.550. The number of benzene rings is 1. The fourth-order valence-electron chi connectivity index (χ4n) is 2.10. The minimum absolute atomic E-state index is 0.550. The van der Waals surface area contributed by atoms with Crippen molar-refractivity contribution >= 4 is 28.1 Å². The molecule has 0 bridgehead atoms. The number of hydrogen-bond donors (Lipinski definition) is 1. The van der Waals surface area contributed by atoms with Crippen LogP contribution in [0.3, 0.4) is 0 Å². The smallest absolute Gasteiger partial charge is 0.132 e. The third-order valence-corrected chi connectivity index (χ3v) is 3.61. The Kier molecular flexibility index (Phi) is 3.52. The summed E-state index contributed by atoms with van der Waals surface area (Å²) >= 11 is 5.92. The monoisotopic (exact) mass is 283 g/mol. The zero-order chi connectivity index (χ0) is 13.9. The SMILES string of the molecule is Cc1cc(NCc2ccc3cnccc3c2)cnc1Cl. The van der Waals surface area contributed by atoms with Gasteiger partial charge in [0.15, 0.2) is 0 Å². The van der Waals surface area contributed by atoms with Crippen LogP contribution < -0.4 is 5.32 Å². The van der Waals surface area contributed by atoms with Crippen molar-refractivity contribution in [2.45, 2.75) is 13.5 Å². The van der Waals surface area contributed by atoms with E-state index in [1.165, 1.54) is 10.9 Å². The lowest BCUT2D eigenvalue weighted by atomic mass is 10.1. The summed E-state index contributed by atoms with van der Waals surface area (Å²) in [5, 5.41) is 6.26. The van der Waals surface area contributed by atoms with Gasteiger partial charge >= 0.3 is 0 Å². The average molecular weight is 284 g/mol. The first-order chi connectivity index (χ1) is 9.72. The molecular weight excluding hydrogens is 270 g/mol. The van der Waals surface area contributed by atoms with Gasteiger partial charge in [0.05, 0.1) is 11.9 Å². The summed E-state index contributed by atoms with van der Waals surface area (Å²) in [6, 6.07) is 10.4. The van der Waals surface area contributed by atoms with Crippen LogP contribution in [-0.4, -0.2) is 9.97 Å². The van der Waals surface area contributed by atoms with E-state index in [1.807, 2.05) is 31.5 Å². The summed E-state index contributed by atoms with van der Waals surface area (Å²) < 4.78 is 0. The van der Waals surface area contributed by atoms with Crippen molar-refractivity contribution in [3.05, 3.63) is 65.2 Å². The summed E-state index contributed by atoms with van der Waals surface area (Å²) in [7, 11) is 0. The largest absolute Gasteiger partial charge is 0.380 e. The van der Waals surface area contributed by atoms with E-state index in [0.717, 1.165) is 23.2 Å². The third kappa shape index (κ3) is 2.73. The van der Waals surface area contributed by atoms with E-state index in [0.29, 0.717) is 5.15 Å². The molecule has 0 fully saturated rings. The summed E-state index contributed by atoms with van der Waals surface area (Å²) in [4.78, 5) is 8.25. The van der Waals surface area contributed by atoms with Crippen LogP contribution in [0.1, 0.15) is 11.1 Å². The molecule has 2 aromatic heterocycles. The van der Waals surface area contributed by atoms with Crippen molar-refractivity contribution in [1.82, 2.24) is 9.97 Å². The summed E-state index contributed by atoms with van der Waals surface area (Å²) in [5.41, 5.74) is 3.17. The van der Waals surface area contributed by atoms with E-state index in [4.69, 9.17) is 11.6 Å². The molecule has 0 saturated carbocycles. The molecule has 20 heavy (non-hydrogen) atoms. The van der Waals surface area contributed by atoms with Crippen molar-refractivity contribution < 1.29 is 0 Å². The molecule has 0 saturated heterocycles. The summed E-state index contributed by atoms with van der Waals surface area (Å²) in [6.45, 7) is 2.70.